The summed E-state index contributed by atoms with van der Waals surface area (Å²) in [5.74, 6) is 1.18. The highest BCUT2D eigenvalue weighted by Crippen LogP contribution is 2.17. The lowest BCUT2D eigenvalue weighted by atomic mass is 10.3. The number of benzene rings is 1. The molecule has 1 aromatic carbocycles. The zero-order valence-electron chi connectivity index (χ0n) is 9.51. The van der Waals surface area contributed by atoms with Crippen LogP contribution in [0.15, 0.2) is 24.3 Å². The molecule has 0 amide bonds. The number of rotatable bonds is 4. The van der Waals surface area contributed by atoms with Gasteiger partial charge in [0.1, 0.15) is 5.75 Å². The van der Waals surface area contributed by atoms with Gasteiger partial charge in [-0.1, -0.05) is 6.92 Å². The largest absolute Gasteiger partial charge is 0.494 e. The third-order valence-electron chi connectivity index (χ3n) is 2.27. The van der Waals surface area contributed by atoms with Crippen molar-refractivity contribution in [3.8, 4) is 11.4 Å². The van der Waals surface area contributed by atoms with Gasteiger partial charge in [-0.05, 0) is 42.9 Å². The van der Waals surface area contributed by atoms with Gasteiger partial charge in [0.15, 0.2) is 0 Å². The summed E-state index contributed by atoms with van der Waals surface area (Å²) in [6.45, 7) is 2.78. The molecule has 0 atom stereocenters. The Labute approximate surface area is 104 Å². The predicted molar refractivity (Wildman–Crippen MR) is 68.9 cm³/mol. The maximum Gasteiger partial charge on any atom is 0.225 e. The minimum Gasteiger partial charge on any atom is -0.494 e. The monoisotopic (exact) mass is 250 g/mol. The number of nitrogens with two attached hydrogens (primary N) is 1. The van der Waals surface area contributed by atoms with Crippen molar-refractivity contribution in [3.05, 3.63) is 29.0 Å². The number of nitrogen functional groups attached to an aromatic ring is 1. The molecule has 0 bridgehead atoms. The maximum atomic E-state index is 5.71. The van der Waals surface area contributed by atoms with Crippen LogP contribution >= 0.6 is 12.2 Å². The highest BCUT2D eigenvalue weighted by molar-refractivity contribution is 7.71. The number of anilines is 1. The van der Waals surface area contributed by atoms with Gasteiger partial charge in [0.25, 0.3) is 0 Å². The van der Waals surface area contributed by atoms with Crippen molar-refractivity contribution in [1.82, 2.24) is 14.8 Å². The smallest absolute Gasteiger partial charge is 0.225 e. The third kappa shape index (κ3) is 2.47. The SMILES string of the molecule is CCCOc1ccc(-n2c(N)n[nH]c2=S)cc1. The van der Waals surface area contributed by atoms with E-state index in [-0.39, 0.29) is 0 Å². The van der Waals surface area contributed by atoms with E-state index in [9.17, 15) is 0 Å². The Morgan fingerprint density at radius 2 is 2.12 bits per heavy atom. The Bertz CT molecular complexity index is 543. The van der Waals surface area contributed by atoms with E-state index in [2.05, 4.69) is 17.1 Å². The number of ether oxygens (including phenoxy) is 1. The summed E-state index contributed by atoms with van der Waals surface area (Å²) in [5, 5.41) is 6.50. The van der Waals surface area contributed by atoms with E-state index in [1.165, 1.54) is 0 Å². The molecular weight excluding hydrogens is 236 g/mol. The van der Waals surface area contributed by atoms with Crippen LogP contribution < -0.4 is 10.5 Å². The van der Waals surface area contributed by atoms with Crippen LogP contribution in [-0.2, 0) is 0 Å². The van der Waals surface area contributed by atoms with E-state index < -0.39 is 0 Å². The molecular formula is C11H14N4OS. The molecule has 3 N–H and O–H groups in total. The molecule has 1 heterocycles. The van der Waals surface area contributed by atoms with Crippen LogP contribution in [-0.4, -0.2) is 21.4 Å². The van der Waals surface area contributed by atoms with Gasteiger partial charge < -0.3 is 10.5 Å². The van der Waals surface area contributed by atoms with Crippen LogP contribution in [0.3, 0.4) is 0 Å². The first-order valence-corrected chi connectivity index (χ1v) is 5.79. The first-order chi connectivity index (χ1) is 8.22. The molecule has 0 saturated heterocycles. The quantitative estimate of drug-likeness (QED) is 0.817. The van der Waals surface area contributed by atoms with Crippen LogP contribution in [0.1, 0.15) is 13.3 Å². The summed E-state index contributed by atoms with van der Waals surface area (Å²) in [6, 6.07) is 7.57. The standard InChI is InChI=1S/C11H14N4OS/c1-2-7-16-9-5-3-8(4-6-9)15-10(12)13-14-11(15)17/h3-6H,2,7H2,1H3,(H2,12,13)(H,14,17). The summed E-state index contributed by atoms with van der Waals surface area (Å²) >= 11 is 5.09. The number of nitrogens with zero attached hydrogens (tertiary/aromatic N) is 2. The molecule has 6 heteroatoms. The molecule has 5 nitrogen and oxygen atoms in total. The number of H-pyrrole nitrogens is 1. The molecule has 0 fully saturated rings. The van der Waals surface area contributed by atoms with Gasteiger partial charge in [0.2, 0.25) is 10.7 Å². The van der Waals surface area contributed by atoms with E-state index >= 15 is 0 Å². The fraction of sp³-hybridized carbons (Fsp3) is 0.273. The number of aromatic nitrogens is 3. The molecule has 0 unspecified atom stereocenters. The van der Waals surface area contributed by atoms with Gasteiger partial charge >= 0.3 is 0 Å². The zero-order chi connectivity index (χ0) is 12.3. The summed E-state index contributed by atoms with van der Waals surface area (Å²) in [5.41, 5.74) is 6.58. The van der Waals surface area contributed by atoms with Crippen LogP contribution in [0.5, 0.6) is 5.75 Å². The third-order valence-corrected chi connectivity index (χ3v) is 2.54. The molecule has 0 aliphatic rings. The first-order valence-electron chi connectivity index (χ1n) is 5.38. The van der Waals surface area contributed by atoms with Crippen LogP contribution in [0, 0.1) is 4.77 Å². The fourth-order valence-corrected chi connectivity index (χ4v) is 1.71. The van der Waals surface area contributed by atoms with Crippen molar-refractivity contribution in [3.63, 3.8) is 0 Å². The number of hydrogen-bond donors (Lipinski definition) is 2. The Morgan fingerprint density at radius 1 is 1.41 bits per heavy atom. The van der Waals surface area contributed by atoms with Crippen molar-refractivity contribution in [2.45, 2.75) is 13.3 Å². The van der Waals surface area contributed by atoms with Crippen molar-refractivity contribution in [1.29, 1.82) is 0 Å². The van der Waals surface area contributed by atoms with Crippen LogP contribution in [0.2, 0.25) is 0 Å². The van der Waals surface area contributed by atoms with Crippen molar-refractivity contribution < 1.29 is 4.74 Å². The van der Waals surface area contributed by atoms with Crippen LogP contribution in [0.4, 0.5) is 5.95 Å². The maximum absolute atomic E-state index is 5.71. The van der Waals surface area contributed by atoms with E-state index in [1.54, 1.807) is 4.57 Å². The highest BCUT2D eigenvalue weighted by Gasteiger charge is 2.04. The molecule has 0 radical (unpaired) electrons. The molecule has 2 aromatic rings. The number of nitrogens with one attached hydrogen (secondary N) is 1. The zero-order valence-corrected chi connectivity index (χ0v) is 10.3. The minimum absolute atomic E-state index is 0.345. The minimum atomic E-state index is 0.345. The highest BCUT2D eigenvalue weighted by atomic mass is 32.1. The summed E-state index contributed by atoms with van der Waals surface area (Å²) < 4.78 is 7.64. The molecule has 0 aliphatic carbocycles. The van der Waals surface area contributed by atoms with Gasteiger partial charge in [-0.15, -0.1) is 5.10 Å². The van der Waals surface area contributed by atoms with Crippen LogP contribution in [0.25, 0.3) is 5.69 Å². The van der Waals surface area contributed by atoms with E-state index in [1.807, 2.05) is 24.3 Å². The predicted octanol–water partition coefficient (Wildman–Crippen LogP) is 2.30. The van der Waals surface area contributed by atoms with Crippen molar-refractivity contribution in [2.24, 2.45) is 0 Å². The van der Waals surface area contributed by atoms with Gasteiger partial charge in [0, 0.05) is 0 Å². The summed E-state index contributed by atoms with van der Waals surface area (Å²) in [6.07, 6.45) is 0.988. The van der Waals surface area contributed by atoms with E-state index in [0.29, 0.717) is 17.3 Å². The second-order valence-corrected chi connectivity index (χ2v) is 3.95. The average Bonchev–Trinajstić information content (AvgIpc) is 2.67. The van der Waals surface area contributed by atoms with Gasteiger partial charge in [-0.25, -0.2) is 5.10 Å². The Hall–Kier alpha value is -1.82. The molecule has 17 heavy (non-hydrogen) atoms. The van der Waals surface area contributed by atoms with Crippen molar-refractivity contribution in [2.75, 3.05) is 12.3 Å². The van der Waals surface area contributed by atoms with Crippen molar-refractivity contribution >= 4 is 18.2 Å². The lowest BCUT2D eigenvalue weighted by molar-refractivity contribution is 0.317. The topological polar surface area (TPSA) is 68.9 Å². The van der Waals surface area contributed by atoms with E-state index in [4.69, 9.17) is 22.7 Å². The summed E-state index contributed by atoms with van der Waals surface area (Å²) in [4.78, 5) is 0. The molecule has 2 rings (SSSR count). The second-order valence-electron chi connectivity index (χ2n) is 3.56. The van der Waals surface area contributed by atoms with Gasteiger partial charge in [-0.2, -0.15) is 0 Å². The van der Waals surface area contributed by atoms with Gasteiger partial charge in [0.05, 0.1) is 12.3 Å². The van der Waals surface area contributed by atoms with E-state index in [0.717, 1.165) is 17.9 Å². The number of aromatic amines is 1. The summed E-state index contributed by atoms with van der Waals surface area (Å²) in [7, 11) is 0. The lowest BCUT2D eigenvalue weighted by Gasteiger charge is -2.07. The first kappa shape index (κ1) is 11.7. The fourth-order valence-electron chi connectivity index (χ4n) is 1.47. The molecule has 1 aromatic heterocycles. The molecule has 0 spiro atoms. The lowest BCUT2D eigenvalue weighted by Crippen LogP contribution is -2.01. The molecule has 90 valence electrons. The Morgan fingerprint density at radius 3 is 2.65 bits per heavy atom. The molecule has 0 saturated carbocycles. The molecule has 0 aliphatic heterocycles. The normalized spacial score (nSPS) is 10.4. The van der Waals surface area contributed by atoms with Gasteiger partial charge in [-0.3, -0.25) is 4.57 Å². The number of hydrogen-bond acceptors (Lipinski definition) is 4. The second kappa shape index (κ2) is 5.01. The Kier molecular flexibility index (Phi) is 3.43. The average molecular weight is 250 g/mol. The Balaban J connectivity index is 2.27.